The summed E-state index contributed by atoms with van der Waals surface area (Å²) in [7, 11) is 0. The predicted molar refractivity (Wildman–Crippen MR) is 107 cm³/mol. The van der Waals surface area contributed by atoms with Gasteiger partial charge in [-0.15, -0.1) is 0 Å². The quantitative estimate of drug-likeness (QED) is 0.640. The Morgan fingerprint density at radius 2 is 1.82 bits per heavy atom. The number of amides is 2. The van der Waals surface area contributed by atoms with Crippen molar-refractivity contribution in [1.82, 2.24) is 4.98 Å². The molecule has 0 saturated carbocycles. The zero-order chi connectivity index (χ0) is 20.1. The van der Waals surface area contributed by atoms with Crippen molar-refractivity contribution in [2.45, 2.75) is 13.3 Å². The number of rotatable bonds is 5. The van der Waals surface area contributed by atoms with Crippen molar-refractivity contribution in [2.75, 3.05) is 10.6 Å². The Kier molecular flexibility index (Phi) is 6.01. The molecule has 7 heteroatoms. The molecule has 0 aliphatic heterocycles. The zero-order valence-corrected chi connectivity index (χ0v) is 15.8. The molecule has 0 radical (unpaired) electrons. The number of para-hydroxylation sites is 1. The molecule has 5 nitrogen and oxygen atoms in total. The second-order valence-corrected chi connectivity index (χ2v) is 6.38. The van der Waals surface area contributed by atoms with Crippen LogP contribution in [0, 0.1) is 5.82 Å². The molecule has 0 bridgehead atoms. The van der Waals surface area contributed by atoms with Crippen LogP contribution in [0.5, 0.6) is 0 Å². The van der Waals surface area contributed by atoms with Crippen molar-refractivity contribution in [3.63, 3.8) is 0 Å². The summed E-state index contributed by atoms with van der Waals surface area (Å²) < 4.78 is 13.2. The number of aryl methyl sites for hydroxylation is 1. The minimum absolute atomic E-state index is 0.0527. The Morgan fingerprint density at radius 3 is 2.57 bits per heavy atom. The maximum Gasteiger partial charge on any atom is 0.274 e. The van der Waals surface area contributed by atoms with Crippen molar-refractivity contribution < 1.29 is 14.0 Å². The first kappa shape index (κ1) is 19.5. The van der Waals surface area contributed by atoms with Gasteiger partial charge in [0.2, 0.25) is 0 Å². The van der Waals surface area contributed by atoms with Crippen LogP contribution in [0.3, 0.4) is 0 Å². The van der Waals surface area contributed by atoms with Crippen molar-refractivity contribution in [3.05, 3.63) is 88.5 Å². The van der Waals surface area contributed by atoms with Gasteiger partial charge in [-0.1, -0.05) is 36.7 Å². The van der Waals surface area contributed by atoms with Crippen LogP contribution in [0.4, 0.5) is 15.8 Å². The Balaban J connectivity index is 1.76. The number of anilines is 2. The fourth-order valence-corrected chi connectivity index (χ4v) is 2.79. The van der Waals surface area contributed by atoms with Gasteiger partial charge in [0.05, 0.1) is 5.02 Å². The summed E-state index contributed by atoms with van der Waals surface area (Å²) in [6, 6.07) is 14.3. The number of pyridine rings is 1. The van der Waals surface area contributed by atoms with Gasteiger partial charge in [-0.2, -0.15) is 0 Å². The minimum atomic E-state index is -0.580. The number of nitrogens with one attached hydrogen (secondary N) is 2. The summed E-state index contributed by atoms with van der Waals surface area (Å²) in [5.74, 6) is -1.46. The highest BCUT2D eigenvalue weighted by molar-refractivity contribution is 6.31. The van der Waals surface area contributed by atoms with Crippen LogP contribution in [-0.2, 0) is 6.42 Å². The first-order chi connectivity index (χ1) is 13.5. The lowest BCUT2D eigenvalue weighted by Gasteiger charge is -2.10. The van der Waals surface area contributed by atoms with Gasteiger partial charge in [0.1, 0.15) is 11.5 Å². The minimum Gasteiger partial charge on any atom is -0.322 e. The highest BCUT2D eigenvalue weighted by Gasteiger charge is 2.14. The van der Waals surface area contributed by atoms with Crippen molar-refractivity contribution >= 4 is 34.8 Å². The number of benzene rings is 2. The van der Waals surface area contributed by atoms with E-state index in [2.05, 4.69) is 15.6 Å². The number of nitrogens with zero attached hydrogens (tertiary/aromatic N) is 1. The molecule has 3 rings (SSSR count). The van der Waals surface area contributed by atoms with E-state index in [9.17, 15) is 14.0 Å². The molecule has 2 N–H and O–H groups in total. The van der Waals surface area contributed by atoms with E-state index in [0.29, 0.717) is 11.3 Å². The molecule has 0 aliphatic rings. The summed E-state index contributed by atoms with van der Waals surface area (Å²) in [5.41, 5.74) is 2.40. The predicted octanol–water partition coefficient (Wildman–Crippen LogP) is 4.94. The summed E-state index contributed by atoms with van der Waals surface area (Å²) in [6.07, 6.45) is 2.16. The molecule has 0 aliphatic carbocycles. The highest BCUT2D eigenvalue weighted by Crippen LogP contribution is 2.20. The van der Waals surface area contributed by atoms with Gasteiger partial charge >= 0.3 is 0 Å². The third kappa shape index (κ3) is 4.53. The van der Waals surface area contributed by atoms with E-state index in [-0.39, 0.29) is 16.6 Å². The van der Waals surface area contributed by atoms with Gasteiger partial charge in [-0.3, -0.25) is 14.6 Å². The number of carbonyl (C=O) groups is 2. The van der Waals surface area contributed by atoms with Crippen molar-refractivity contribution in [3.8, 4) is 0 Å². The SMILES string of the molecule is CCc1ccccc1NC(=O)c1ccnc(C(=O)Nc2ccc(F)c(Cl)c2)c1. The van der Waals surface area contributed by atoms with E-state index in [1.54, 1.807) is 0 Å². The Labute approximate surface area is 166 Å². The molecule has 0 unspecified atom stereocenters. The van der Waals surface area contributed by atoms with Crippen molar-refractivity contribution in [2.24, 2.45) is 0 Å². The van der Waals surface area contributed by atoms with E-state index < -0.39 is 11.7 Å². The van der Waals surface area contributed by atoms with E-state index in [1.807, 2.05) is 31.2 Å². The van der Waals surface area contributed by atoms with E-state index in [1.165, 1.54) is 30.5 Å². The smallest absolute Gasteiger partial charge is 0.274 e. The summed E-state index contributed by atoms with van der Waals surface area (Å²) in [4.78, 5) is 29.0. The maximum atomic E-state index is 13.2. The standard InChI is InChI=1S/C21H17ClFN3O2/c1-2-13-5-3-4-6-18(13)26-20(27)14-9-10-24-19(11-14)21(28)25-15-7-8-17(23)16(22)12-15/h3-12H,2H2,1H3,(H,25,28)(H,26,27). The van der Waals surface area contributed by atoms with E-state index >= 15 is 0 Å². The number of hydrogen-bond donors (Lipinski definition) is 2. The third-order valence-electron chi connectivity index (χ3n) is 4.08. The monoisotopic (exact) mass is 397 g/mol. The summed E-state index contributed by atoms with van der Waals surface area (Å²) >= 11 is 5.72. The molecular formula is C21H17ClFN3O2. The first-order valence-corrected chi connectivity index (χ1v) is 8.97. The van der Waals surface area contributed by atoms with Gasteiger partial charge in [-0.05, 0) is 48.4 Å². The van der Waals surface area contributed by atoms with Gasteiger partial charge in [-0.25, -0.2) is 4.39 Å². The molecule has 28 heavy (non-hydrogen) atoms. The number of aromatic nitrogens is 1. The lowest BCUT2D eigenvalue weighted by Crippen LogP contribution is -2.17. The average molecular weight is 398 g/mol. The van der Waals surface area contributed by atoms with Gasteiger partial charge in [0.15, 0.2) is 0 Å². The van der Waals surface area contributed by atoms with Gasteiger partial charge in [0, 0.05) is 23.1 Å². The molecule has 1 heterocycles. The first-order valence-electron chi connectivity index (χ1n) is 8.59. The molecule has 2 aromatic carbocycles. The van der Waals surface area contributed by atoms with Crippen LogP contribution in [0.2, 0.25) is 5.02 Å². The lowest BCUT2D eigenvalue weighted by molar-refractivity contribution is 0.102. The maximum absolute atomic E-state index is 13.2. The van der Waals surface area contributed by atoms with Gasteiger partial charge in [0.25, 0.3) is 11.8 Å². The molecule has 1 aromatic heterocycles. The molecular weight excluding hydrogens is 381 g/mol. The molecule has 0 spiro atoms. The van der Waals surface area contributed by atoms with Crippen LogP contribution in [0.25, 0.3) is 0 Å². The second-order valence-electron chi connectivity index (χ2n) is 5.98. The largest absolute Gasteiger partial charge is 0.322 e. The Bertz CT molecular complexity index is 1040. The molecule has 3 aromatic rings. The summed E-state index contributed by atoms with van der Waals surface area (Å²) in [5, 5.41) is 5.32. The van der Waals surface area contributed by atoms with Crippen LogP contribution in [-0.4, -0.2) is 16.8 Å². The number of carbonyl (C=O) groups excluding carboxylic acids is 2. The Morgan fingerprint density at radius 1 is 1.04 bits per heavy atom. The number of halogens is 2. The molecule has 2 amide bonds. The summed E-state index contributed by atoms with van der Waals surface area (Å²) in [6.45, 7) is 2.00. The van der Waals surface area contributed by atoms with Crippen LogP contribution >= 0.6 is 11.6 Å². The van der Waals surface area contributed by atoms with Crippen LogP contribution < -0.4 is 10.6 Å². The Hall–Kier alpha value is -3.25. The fourth-order valence-electron chi connectivity index (χ4n) is 2.61. The van der Waals surface area contributed by atoms with Crippen LogP contribution in [0.1, 0.15) is 33.3 Å². The fraction of sp³-hybridized carbons (Fsp3) is 0.0952. The highest BCUT2D eigenvalue weighted by atomic mass is 35.5. The third-order valence-corrected chi connectivity index (χ3v) is 4.37. The topological polar surface area (TPSA) is 71.1 Å². The van der Waals surface area contributed by atoms with Gasteiger partial charge < -0.3 is 10.6 Å². The normalized spacial score (nSPS) is 10.4. The average Bonchev–Trinajstić information content (AvgIpc) is 2.71. The lowest BCUT2D eigenvalue weighted by atomic mass is 10.1. The van der Waals surface area contributed by atoms with Crippen molar-refractivity contribution in [1.29, 1.82) is 0 Å². The van der Waals surface area contributed by atoms with Crippen LogP contribution in [0.15, 0.2) is 60.8 Å². The second kappa shape index (κ2) is 8.63. The molecule has 142 valence electrons. The molecule has 0 fully saturated rings. The van der Waals surface area contributed by atoms with E-state index in [0.717, 1.165) is 23.7 Å². The molecule has 0 atom stereocenters. The zero-order valence-electron chi connectivity index (χ0n) is 15.0. The number of hydrogen-bond acceptors (Lipinski definition) is 3. The molecule has 0 saturated heterocycles. The van der Waals surface area contributed by atoms with E-state index in [4.69, 9.17) is 11.6 Å².